The fourth-order valence-corrected chi connectivity index (χ4v) is 4.48. The molecular weight excluding hydrogens is 278 g/mol. The van der Waals surface area contributed by atoms with Crippen molar-refractivity contribution in [2.45, 2.75) is 38.5 Å². The lowest BCUT2D eigenvalue weighted by Gasteiger charge is -2.46. The van der Waals surface area contributed by atoms with E-state index in [9.17, 15) is 0 Å². The summed E-state index contributed by atoms with van der Waals surface area (Å²) < 4.78 is 2.51. The Bertz CT molecular complexity index is 1110. The van der Waals surface area contributed by atoms with E-state index in [1.807, 2.05) is 0 Å². The number of fused-ring (bicyclic) bond motifs is 3. The second kappa shape index (κ2) is 3.79. The molecular formula is C22H21N. The monoisotopic (exact) mass is 299 g/mol. The Morgan fingerprint density at radius 3 is 2.13 bits per heavy atom. The first-order valence-corrected chi connectivity index (χ1v) is 8.40. The van der Waals surface area contributed by atoms with Gasteiger partial charge in [-0.05, 0) is 23.1 Å². The van der Waals surface area contributed by atoms with E-state index < -0.39 is 0 Å². The van der Waals surface area contributed by atoms with Gasteiger partial charge in [0, 0.05) is 27.3 Å². The number of nitrogens with zero attached hydrogens (tertiary/aromatic N) is 1. The van der Waals surface area contributed by atoms with Crippen LogP contribution in [0.2, 0.25) is 0 Å². The first kappa shape index (κ1) is 13.2. The Morgan fingerprint density at radius 1 is 0.652 bits per heavy atom. The Morgan fingerprint density at radius 2 is 1.35 bits per heavy atom. The molecule has 0 saturated carbocycles. The summed E-state index contributed by atoms with van der Waals surface area (Å²) in [5.74, 6) is 0. The van der Waals surface area contributed by atoms with Crippen LogP contribution >= 0.6 is 0 Å². The van der Waals surface area contributed by atoms with Gasteiger partial charge in [0.25, 0.3) is 0 Å². The van der Waals surface area contributed by atoms with Crippen LogP contribution in [0.3, 0.4) is 0 Å². The summed E-state index contributed by atoms with van der Waals surface area (Å²) in [6, 6.07) is 20.3. The third-order valence-corrected chi connectivity index (χ3v) is 6.51. The molecule has 0 bridgehead atoms. The van der Waals surface area contributed by atoms with Gasteiger partial charge in [0.2, 0.25) is 0 Å². The Hall–Kier alpha value is -2.28. The Balaban J connectivity index is 2.22. The normalized spacial score (nSPS) is 18.3. The van der Waals surface area contributed by atoms with Gasteiger partial charge in [-0.2, -0.15) is 0 Å². The minimum atomic E-state index is 0.0865. The van der Waals surface area contributed by atoms with E-state index >= 15 is 0 Å². The highest BCUT2D eigenvalue weighted by molar-refractivity contribution is 6.14. The zero-order valence-corrected chi connectivity index (χ0v) is 14.1. The van der Waals surface area contributed by atoms with Crippen molar-refractivity contribution in [1.29, 1.82) is 0 Å². The van der Waals surface area contributed by atoms with Crippen molar-refractivity contribution >= 4 is 27.2 Å². The van der Waals surface area contributed by atoms with Gasteiger partial charge >= 0.3 is 0 Å². The molecule has 2 aromatic heterocycles. The molecule has 0 unspecified atom stereocenters. The predicted molar refractivity (Wildman–Crippen MR) is 98.5 cm³/mol. The van der Waals surface area contributed by atoms with Gasteiger partial charge in [-0.1, -0.05) is 70.2 Å². The van der Waals surface area contributed by atoms with E-state index in [1.165, 1.54) is 38.4 Å². The van der Waals surface area contributed by atoms with Crippen molar-refractivity contribution < 1.29 is 0 Å². The molecule has 0 fully saturated rings. The standard InChI is InChI=1S/C22H21N/c1-21(2)17-11-7-10-16-14-8-5-6-9-15(14)18-12-13-19(22(21,3)4)23(18)20(16)17/h5-13H,1-4H3. The molecule has 5 rings (SSSR count). The molecule has 0 aliphatic carbocycles. The molecule has 2 aromatic carbocycles. The third-order valence-electron chi connectivity index (χ3n) is 6.51. The van der Waals surface area contributed by atoms with Gasteiger partial charge in [-0.3, -0.25) is 0 Å². The molecule has 1 aliphatic rings. The smallest absolute Gasteiger partial charge is 0.0575 e. The summed E-state index contributed by atoms with van der Waals surface area (Å²) in [5, 5.41) is 4.07. The number of para-hydroxylation sites is 1. The van der Waals surface area contributed by atoms with E-state index in [2.05, 4.69) is 86.7 Å². The molecule has 4 aromatic rings. The first-order chi connectivity index (χ1) is 10.9. The Kier molecular flexibility index (Phi) is 2.17. The molecule has 0 N–H and O–H groups in total. The van der Waals surface area contributed by atoms with Crippen LogP contribution in [0, 0.1) is 0 Å². The summed E-state index contributed by atoms with van der Waals surface area (Å²) in [4.78, 5) is 0. The molecule has 114 valence electrons. The van der Waals surface area contributed by atoms with Crippen molar-refractivity contribution in [2.24, 2.45) is 0 Å². The highest BCUT2D eigenvalue weighted by Crippen LogP contribution is 2.51. The summed E-state index contributed by atoms with van der Waals surface area (Å²) in [6.45, 7) is 9.54. The molecule has 0 saturated heterocycles. The zero-order chi connectivity index (χ0) is 16.0. The van der Waals surface area contributed by atoms with Gasteiger partial charge in [0.05, 0.1) is 11.0 Å². The number of hydrogen-bond acceptors (Lipinski definition) is 0. The van der Waals surface area contributed by atoms with E-state index in [4.69, 9.17) is 0 Å². The van der Waals surface area contributed by atoms with Crippen LogP contribution in [0.25, 0.3) is 27.2 Å². The lowest BCUT2D eigenvalue weighted by molar-refractivity contribution is 0.289. The van der Waals surface area contributed by atoms with E-state index in [0.717, 1.165) is 0 Å². The number of benzene rings is 2. The van der Waals surface area contributed by atoms with Gasteiger partial charge in [0.15, 0.2) is 0 Å². The van der Waals surface area contributed by atoms with Crippen LogP contribution < -0.4 is 0 Å². The van der Waals surface area contributed by atoms with Crippen LogP contribution in [0.15, 0.2) is 54.6 Å². The van der Waals surface area contributed by atoms with Crippen molar-refractivity contribution in [1.82, 2.24) is 4.40 Å². The van der Waals surface area contributed by atoms with Crippen molar-refractivity contribution in [3.8, 4) is 0 Å². The average molecular weight is 299 g/mol. The fourth-order valence-electron chi connectivity index (χ4n) is 4.48. The highest BCUT2D eigenvalue weighted by Gasteiger charge is 2.45. The van der Waals surface area contributed by atoms with Crippen LogP contribution in [-0.4, -0.2) is 4.40 Å². The van der Waals surface area contributed by atoms with E-state index in [0.29, 0.717) is 0 Å². The first-order valence-electron chi connectivity index (χ1n) is 8.40. The van der Waals surface area contributed by atoms with Crippen LogP contribution in [0.1, 0.15) is 39.0 Å². The average Bonchev–Trinajstić information content (AvgIpc) is 2.99. The van der Waals surface area contributed by atoms with Crippen molar-refractivity contribution in [3.05, 3.63) is 65.9 Å². The number of hydrogen-bond donors (Lipinski definition) is 0. The largest absolute Gasteiger partial charge is 0.312 e. The molecule has 0 amide bonds. The maximum atomic E-state index is 2.51. The fraction of sp³-hybridized carbons (Fsp3) is 0.273. The summed E-state index contributed by atoms with van der Waals surface area (Å²) in [5.41, 5.74) is 5.79. The molecule has 23 heavy (non-hydrogen) atoms. The second-order valence-corrected chi connectivity index (χ2v) is 7.94. The highest BCUT2D eigenvalue weighted by atomic mass is 14.9. The zero-order valence-electron chi connectivity index (χ0n) is 14.1. The quantitative estimate of drug-likeness (QED) is 0.361. The Labute approximate surface area is 136 Å². The van der Waals surface area contributed by atoms with Gasteiger partial charge in [-0.25, -0.2) is 0 Å². The van der Waals surface area contributed by atoms with Crippen LogP contribution in [-0.2, 0) is 10.8 Å². The lowest BCUT2D eigenvalue weighted by atomic mass is 9.61. The molecule has 3 heterocycles. The topological polar surface area (TPSA) is 4.41 Å². The minimum absolute atomic E-state index is 0.0865. The maximum absolute atomic E-state index is 2.51. The maximum Gasteiger partial charge on any atom is 0.0575 e. The molecule has 1 heteroatoms. The van der Waals surface area contributed by atoms with Gasteiger partial charge in [0.1, 0.15) is 0 Å². The van der Waals surface area contributed by atoms with Crippen molar-refractivity contribution in [2.75, 3.05) is 0 Å². The van der Waals surface area contributed by atoms with Crippen LogP contribution in [0.5, 0.6) is 0 Å². The lowest BCUT2D eigenvalue weighted by Crippen LogP contribution is -2.44. The summed E-state index contributed by atoms with van der Waals surface area (Å²) in [6.07, 6.45) is 0. The third kappa shape index (κ3) is 1.31. The predicted octanol–water partition coefficient (Wildman–Crippen LogP) is 5.81. The molecule has 1 nitrogen and oxygen atoms in total. The summed E-state index contributed by atoms with van der Waals surface area (Å²) >= 11 is 0. The van der Waals surface area contributed by atoms with Crippen molar-refractivity contribution in [3.63, 3.8) is 0 Å². The number of pyridine rings is 1. The SMILES string of the molecule is CC1(C)c2cccc3c4ccccc4c4ccc(n4c23)C1(C)C. The molecule has 0 atom stereocenters. The van der Waals surface area contributed by atoms with E-state index in [1.54, 1.807) is 0 Å². The van der Waals surface area contributed by atoms with Crippen LogP contribution in [0.4, 0.5) is 0 Å². The number of aromatic nitrogens is 1. The van der Waals surface area contributed by atoms with Gasteiger partial charge < -0.3 is 4.40 Å². The summed E-state index contributed by atoms with van der Waals surface area (Å²) in [7, 11) is 0. The van der Waals surface area contributed by atoms with Gasteiger partial charge in [-0.15, -0.1) is 0 Å². The molecule has 1 aliphatic heterocycles. The minimum Gasteiger partial charge on any atom is -0.312 e. The molecule has 0 spiro atoms. The second-order valence-electron chi connectivity index (χ2n) is 7.94. The number of rotatable bonds is 0. The van der Waals surface area contributed by atoms with E-state index in [-0.39, 0.29) is 10.8 Å². The molecule has 0 radical (unpaired) electrons.